The molecule has 1 heteroatoms. The van der Waals surface area contributed by atoms with Crippen LogP contribution in [0.5, 0.6) is 5.75 Å². The van der Waals surface area contributed by atoms with Gasteiger partial charge in [0, 0.05) is 0 Å². The SMILES string of the molecule is C=CCOc1ccc(C(C)(C)C)c(C)c1. The molecule has 1 aromatic carbocycles. The van der Waals surface area contributed by atoms with Gasteiger partial charge in [-0.15, -0.1) is 0 Å². The minimum absolute atomic E-state index is 0.195. The van der Waals surface area contributed by atoms with Gasteiger partial charge in [0.05, 0.1) is 0 Å². The molecule has 0 saturated heterocycles. The fourth-order valence-electron chi connectivity index (χ4n) is 1.72. The molecule has 0 atom stereocenters. The van der Waals surface area contributed by atoms with E-state index in [2.05, 4.69) is 46.4 Å². The largest absolute Gasteiger partial charge is 0.490 e. The number of hydrogen-bond donors (Lipinski definition) is 0. The maximum Gasteiger partial charge on any atom is 0.120 e. The quantitative estimate of drug-likeness (QED) is 0.679. The fraction of sp³-hybridized carbons (Fsp3) is 0.429. The van der Waals surface area contributed by atoms with E-state index < -0.39 is 0 Å². The van der Waals surface area contributed by atoms with Crippen molar-refractivity contribution in [2.45, 2.75) is 33.1 Å². The molecule has 0 aliphatic rings. The second-order valence-electron chi connectivity index (χ2n) is 4.83. The summed E-state index contributed by atoms with van der Waals surface area (Å²) in [6.45, 7) is 13.0. The molecule has 82 valence electrons. The van der Waals surface area contributed by atoms with Gasteiger partial charge in [-0.2, -0.15) is 0 Å². The molecule has 0 fully saturated rings. The van der Waals surface area contributed by atoms with E-state index in [4.69, 9.17) is 4.74 Å². The van der Waals surface area contributed by atoms with Gasteiger partial charge in [-0.05, 0) is 35.6 Å². The standard InChI is InChI=1S/C14H20O/c1-6-9-15-12-7-8-13(11(2)10-12)14(3,4)5/h6-8,10H,1,9H2,2-5H3. The number of aryl methyl sites for hydroxylation is 1. The van der Waals surface area contributed by atoms with Gasteiger partial charge < -0.3 is 4.74 Å². The van der Waals surface area contributed by atoms with E-state index in [0.29, 0.717) is 6.61 Å². The topological polar surface area (TPSA) is 9.23 Å². The molecular formula is C14H20O. The van der Waals surface area contributed by atoms with Gasteiger partial charge in [-0.1, -0.05) is 39.5 Å². The zero-order chi connectivity index (χ0) is 11.5. The molecule has 0 aliphatic carbocycles. The fourth-order valence-corrected chi connectivity index (χ4v) is 1.72. The van der Waals surface area contributed by atoms with Gasteiger partial charge in [0.25, 0.3) is 0 Å². The van der Waals surface area contributed by atoms with Gasteiger partial charge in [0.15, 0.2) is 0 Å². The molecule has 0 amide bonds. The average molecular weight is 204 g/mol. The summed E-state index contributed by atoms with van der Waals surface area (Å²) in [7, 11) is 0. The summed E-state index contributed by atoms with van der Waals surface area (Å²) in [5.74, 6) is 0.917. The summed E-state index contributed by atoms with van der Waals surface area (Å²) in [5, 5.41) is 0. The van der Waals surface area contributed by atoms with Crippen LogP contribution >= 0.6 is 0 Å². The monoisotopic (exact) mass is 204 g/mol. The van der Waals surface area contributed by atoms with Crippen LogP contribution in [-0.2, 0) is 5.41 Å². The minimum Gasteiger partial charge on any atom is -0.490 e. The van der Waals surface area contributed by atoms with Crippen molar-refractivity contribution in [1.82, 2.24) is 0 Å². The molecule has 0 bridgehead atoms. The van der Waals surface area contributed by atoms with Crippen molar-refractivity contribution in [3.63, 3.8) is 0 Å². The summed E-state index contributed by atoms with van der Waals surface area (Å²) in [5.41, 5.74) is 2.85. The lowest BCUT2D eigenvalue weighted by Crippen LogP contribution is -2.12. The zero-order valence-electron chi connectivity index (χ0n) is 10.1. The van der Waals surface area contributed by atoms with Crippen LogP contribution in [0, 0.1) is 6.92 Å². The lowest BCUT2D eigenvalue weighted by atomic mass is 9.84. The van der Waals surface area contributed by atoms with E-state index in [-0.39, 0.29) is 5.41 Å². The molecule has 1 aromatic rings. The lowest BCUT2D eigenvalue weighted by Gasteiger charge is -2.22. The normalized spacial score (nSPS) is 11.2. The van der Waals surface area contributed by atoms with E-state index >= 15 is 0 Å². The number of hydrogen-bond acceptors (Lipinski definition) is 1. The third-order valence-electron chi connectivity index (χ3n) is 2.37. The predicted octanol–water partition coefficient (Wildman–Crippen LogP) is 3.86. The Hall–Kier alpha value is -1.24. The van der Waals surface area contributed by atoms with Crippen molar-refractivity contribution in [3.8, 4) is 5.75 Å². The highest BCUT2D eigenvalue weighted by Gasteiger charge is 2.16. The maximum absolute atomic E-state index is 5.49. The highest BCUT2D eigenvalue weighted by Crippen LogP contribution is 2.28. The molecule has 0 spiro atoms. The number of ether oxygens (including phenoxy) is 1. The smallest absolute Gasteiger partial charge is 0.120 e. The zero-order valence-corrected chi connectivity index (χ0v) is 10.1. The minimum atomic E-state index is 0.195. The molecular weight excluding hydrogens is 184 g/mol. The van der Waals surface area contributed by atoms with Gasteiger partial charge in [-0.25, -0.2) is 0 Å². The second kappa shape index (κ2) is 4.52. The van der Waals surface area contributed by atoms with Crippen molar-refractivity contribution in [2.24, 2.45) is 0 Å². The molecule has 0 unspecified atom stereocenters. The summed E-state index contributed by atoms with van der Waals surface area (Å²) in [4.78, 5) is 0. The molecule has 0 N–H and O–H groups in total. The Morgan fingerprint density at radius 2 is 2.00 bits per heavy atom. The predicted molar refractivity (Wildman–Crippen MR) is 65.6 cm³/mol. The first kappa shape index (κ1) is 11.8. The third kappa shape index (κ3) is 3.12. The van der Waals surface area contributed by atoms with Crippen molar-refractivity contribution in [1.29, 1.82) is 0 Å². The van der Waals surface area contributed by atoms with E-state index in [1.165, 1.54) is 11.1 Å². The molecule has 0 saturated carbocycles. The molecule has 15 heavy (non-hydrogen) atoms. The highest BCUT2D eigenvalue weighted by atomic mass is 16.5. The number of benzene rings is 1. The highest BCUT2D eigenvalue weighted by molar-refractivity contribution is 5.38. The van der Waals surface area contributed by atoms with E-state index in [9.17, 15) is 0 Å². The third-order valence-corrected chi connectivity index (χ3v) is 2.37. The molecule has 0 aromatic heterocycles. The Labute approximate surface area is 92.8 Å². The van der Waals surface area contributed by atoms with E-state index in [1.807, 2.05) is 6.07 Å². The summed E-state index contributed by atoms with van der Waals surface area (Å²) in [6, 6.07) is 6.26. The van der Waals surface area contributed by atoms with Crippen LogP contribution in [0.25, 0.3) is 0 Å². The molecule has 0 heterocycles. The Balaban J connectivity index is 2.93. The Morgan fingerprint density at radius 1 is 1.33 bits per heavy atom. The van der Waals surface area contributed by atoms with Crippen molar-refractivity contribution in [2.75, 3.05) is 6.61 Å². The van der Waals surface area contributed by atoms with Crippen LogP contribution < -0.4 is 4.74 Å². The molecule has 0 radical (unpaired) electrons. The average Bonchev–Trinajstić information content (AvgIpc) is 2.12. The van der Waals surface area contributed by atoms with Crippen LogP contribution in [-0.4, -0.2) is 6.61 Å². The van der Waals surface area contributed by atoms with Gasteiger partial charge in [-0.3, -0.25) is 0 Å². The van der Waals surface area contributed by atoms with Crippen molar-refractivity contribution < 1.29 is 4.74 Å². The van der Waals surface area contributed by atoms with Crippen molar-refractivity contribution >= 4 is 0 Å². The first-order valence-corrected chi connectivity index (χ1v) is 5.30. The summed E-state index contributed by atoms with van der Waals surface area (Å²) >= 11 is 0. The van der Waals surface area contributed by atoms with Gasteiger partial charge >= 0.3 is 0 Å². The summed E-state index contributed by atoms with van der Waals surface area (Å²) < 4.78 is 5.49. The lowest BCUT2D eigenvalue weighted by molar-refractivity contribution is 0.362. The summed E-state index contributed by atoms with van der Waals surface area (Å²) in [6.07, 6.45) is 1.76. The van der Waals surface area contributed by atoms with Gasteiger partial charge in [0.2, 0.25) is 0 Å². The Kier molecular flexibility index (Phi) is 3.57. The van der Waals surface area contributed by atoms with Crippen LogP contribution in [0.15, 0.2) is 30.9 Å². The van der Waals surface area contributed by atoms with E-state index in [0.717, 1.165) is 5.75 Å². The molecule has 1 rings (SSSR count). The molecule has 0 aliphatic heterocycles. The van der Waals surface area contributed by atoms with E-state index in [1.54, 1.807) is 6.08 Å². The van der Waals surface area contributed by atoms with Crippen LogP contribution in [0.4, 0.5) is 0 Å². The first-order valence-electron chi connectivity index (χ1n) is 5.30. The number of rotatable bonds is 3. The van der Waals surface area contributed by atoms with Crippen molar-refractivity contribution in [3.05, 3.63) is 42.0 Å². The van der Waals surface area contributed by atoms with Crippen LogP contribution in [0.2, 0.25) is 0 Å². The van der Waals surface area contributed by atoms with Gasteiger partial charge in [0.1, 0.15) is 12.4 Å². The van der Waals surface area contributed by atoms with Crippen LogP contribution in [0.3, 0.4) is 0 Å². The first-order chi connectivity index (χ1) is 6.95. The van der Waals surface area contributed by atoms with Crippen LogP contribution in [0.1, 0.15) is 31.9 Å². The molecule has 1 nitrogen and oxygen atoms in total. The Morgan fingerprint density at radius 3 is 2.47 bits per heavy atom. The maximum atomic E-state index is 5.49. The Bertz CT molecular complexity index is 345. The second-order valence-corrected chi connectivity index (χ2v) is 4.83.